The van der Waals surface area contributed by atoms with E-state index in [4.69, 9.17) is 4.74 Å². The van der Waals surface area contributed by atoms with Gasteiger partial charge in [-0.15, -0.1) is 0 Å². The fraction of sp³-hybridized carbons (Fsp3) is 0.417. The summed E-state index contributed by atoms with van der Waals surface area (Å²) >= 11 is 0. The van der Waals surface area contributed by atoms with Crippen LogP contribution >= 0.6 is 0 Å². The topological polar surface area (TPSA) is 107 Å². The van der Waals surface area contributed by atoms with Crippen molar-refractivity contribution in [1.82, 2.24) is 0 Å². The standard InChI is InChI=1S/C24H32O6S.Na/c1-2-3-4-18-30-24(20-11-15-22(26)16-12-20)7-5-6-23(31(27,28)29)17-10-19-8-13-21(25)14-9-19;/h5,7-9,11-16,23-26H,2-4,6,10,17-18H2,1H3,(H,27,28,29);/q;+1/p-1/b7-5+;/t23-,24+;/m0./s1. The molecular weight excluding hydrogens is 439 g/mol. The van der Waals surface area contributed by atoms with Crippen LogP contribution in [-0.2, 0) is 21.3 Å². The zero-order chi connectivity index (χ0) is 22.7. The molecule has 0 saturated carbocycles. The maximum absolute atomic E-state index is 11.7. The van der Waals surface area contributed by atoms with E-state index in [9.17, 15) is 23.2 Å². The molecule has 2 atom stereocenters. The van der Waals surface area contributed by atoms with Gasteiger partial charge >= 0.3 is 29.6 Å². The number of phenols is 2. The van der Waals surface area contributed by atoms with Crippen LogP contribution in [0, 0.1) is 0 Å². The molecule has 0 fully saturated rings. The first kappa shape index (κ1) is 28.7. The van der Waals surface area contributed by atoms with Crippen LogP contribution in [0.25, 0.3) is 0 Å². The van der Waals surface area contributed by atoms with Gasteiger partial charge in [0.25, 0.3) is 0 Å². The molecule has 0 saturated heterocycles. The molecule has 0 bridgehead atoms. The largest absolute Gasteiger partial charge is 1.00 e. The number of rotatable bonds is 13. The smallest absolute Gasteiger partial charge is 0.748 e. The fourth-order valence-electron chi connectivity index (χ4n) is 3.21. The summed E-state index contributed by atoms with van der Waals surface area (Å²) < 4.78 is 41.2. The Labute approximate surface area is 213 Å². The Kier molecular flexibility index (Phi) is 13.2. The van der Waals surface area contributed by atoms with Gasteiger partial charge in [-0.3, -0.25) is 0 Å². The Morgan fingerprint density at radius 2 is 1.59 bits per heavy atom. The predicted molar refractivity (Wildman–Crippen MR) is 120 cm³/mol. The predicted octanol–water partition coefficient (Wildman–Crippen LogP) is 1.84. The van der Waals surface area contributed by atoms with Crippen molar-refractivity contribution in [3.8, 4) is 11.5 Å². The zero-order valence-corrected chi connectivity index (χ0v) is 21.6. The fourth-order valence-corrected chi connectivity index (χ4v) is 3.97. The molecule has 32 heavy (non-hydrogen) atoms. The number of hydrogen-bond acceptors (Lipinski definition) is 6. The Bertz CT molecular complexity index is 911. The van der Waals surface area contributed by atoms with E-state index in [1.165, 1.54) is 12.1 Å². The van der Waals surface area contributed by atoms with Crippen LogP contribution in [0.3, 0.4) is 0 Å². The summed E-state index contributed by atoms with van der Waals surface area (Å²) in [4.78, 5) is 0. The molecule has 2 aromatic carbocycles. The number of ether oxygens (including phenoxy) is 1. The van der Waals surface area contributed by atoms with Gasteiger partial charge in [0.1, 0.15) is 17.6 Å². The summed E-state index contributed by atoms with van der Waals surface area (Å²) in [6, 6.07) is 13.2. The van der Waals surface area contributed by atoms with Crippen LogP contribution in [0.5, 0.6) is 11.5 Å². The quantitative estimate of drug-likeness (QED) is 0.200. The van der Waals surface area contributed by atoms with Crippen LogP contribution < -0.4 is 29.6 Å². The van der Waals surface area contributed by atoms with Gasteiger partial charge < -0.3 is 19.5 Å². The number of hydrogen-bond donors (Lipinski definition) is 2. The van der Waals surface area contributed by atoms with E-state index in [1.54, 1.807) is 48.6 Å². The van der Waals surface area contributed by atoms with E-state index in [0.717, 1.165) is 30.4 Å². The van der Waals surface area contributed by atoms with E-state index >= 15 is 0 Å². The third-order valence-corrected chi connectivity index (χ3v) is 6.32. The summed E-state index contributed by atoms with van der Waals surface area (Å²) in [6.07, 6.45) is 6.85. The molecule has 0 spiro atoms. The van der Waals surface area contributed by atoms with Crippen molar-refractivity contribution >= 4 is 10.1 Å². The first-order valence-corrected chi connectivity index (χ1v) is 12.1. The molecule has 0 aliphatic carbocycles. The molecule has 8 heteroatoms. The zero-order valence-electron chi connectivity index (χ0n) is 18.8. The summed E-state index contributed by atoms with van der Waals surface area (Å²) in [7, 11) is -4.46. The molecule has 0 heterocycles. The molecular formula is C24H31NaO6S. The van der Waals surface area contributed by atoms with E-state index in [2.05, 4.69) is 6.92 Å². The third kappa shape index (κ3) is 10.5. The second kappa shape index (κ2) is 14.7. The molecule has 170 valence electrons. The van der Waals surface area contributed by atoms with E-state index < -0.39 is 15.4 Å². The van der Waals surface area contributed by atoms with Crippen LogP contribution in [0.2, 0.25) is 0 Å². The van der Waals surface area contributed by atoms with Gasteiger partial charge in [-0.05, 0) is 61.1 Å². The van der Waals surface area contributed by atoms with Crippen molar-refractivity contribution in [2.45, 2.75) is 56.8 Å². The normalized spacial score (nSPS) is 13.6. The Hall–Kier alpha value is -1.35. The second-order valence-corrected chi connectivity index (χ2v) is 9.23. The number of aryl methyl sites for hydroxylation is 1. The Morgan fingerprint density at radius 3 is 2.16 bits per heavy atom. The third-order valence-electron chi connectivity index (χ3n) is 5.08. The van der Waals surface area contributed by atoms with Crippen molar-refractivity contribution in [2.24, 2.45) is 0 Å². The van der Waals surface area contributed by atoms with Gasteiger partial charge in [-0.2, -0.15) is 0 Å². The van der Waals surface area contributed by atoms with Crippen molar-refractivity contribution < 1.29 is 57.5 Å². The number of benzene rings is 2. The molecule has 0 aromatic heterocycles. The second-order valence-electron chi connectivity index (χ2n) is 7.57. The molecule has 2 rings (SSSR count). The molecule has 0 radical (unpaired) electrons. The number of aromatic hydroxyl groups is 2. The average Bonchev–Trinajstić information content (AvgIpc) is 2.73. The molecule has 0 amide bonds. The van der Waals surface area contributed by atoms with Crippen molar-refractivity contribution in [2.75, 3.05) is 6.61 Å². The SMILES string of the molecule is CCCCCO[C@H](/C=C/C[C@@H](CCc1ccc(O)cc1)S(=O)(=O)[O-])c1ccc(O)cc1.[Na+]. The van der Waals surface area contributed by atoms with Crippen molar-refractivity contribution in [3.05, 3.63) is 71.8 Å². The van der Waals surface area contributed by atoms with Gasteiger partial charge in [0.15, 0.2) is 0 Å². The molecule has 6 nitrogen and oxygen atoms in total. The minimum atomic E-state index is -4.46. The summed E-state index contributed by atoms with van der Waals surface area (Å²) in [5, 5.41) is 17.8. The maximum Gasteiger partial charge on any atom is 1.00 e. The molecule has 0 unspecified atom stereocenters. The first-order chi connectivity index (χ1) is 14.8. The number of allylic oxidation sites excluding steroid dienone is 1. The van der Waals surface area contributed by atoms with Crippen molar-refractivity contribution in [1.29, 1.82) is 0 Å². The minimum Gasteiger partial charge on any atom is -0.748 e. The first-order valence-electron chi connectivity index (χ1n) is 10.6. The summed E-state index contributed by atoms with van der Waals surface area (Å²) in [6.45, 7) is 2.67. The van der Waals surface area contributed by atoms with Crippen LogP contribution in [0.1, 0.15) is 56.3 Å². The van der Waals surface area contributed by atoms with Crippen LogP contribution in [0.4, 0.5) is 0 Å². The molecule has 2 aromatic rings. The molecule has 2 N–H and O–H groups in total. The van der Waals surface area contributed by atoms with Gasteiger partial charge in [-0.1, -0.05) is 56.2 Å². The summed E-state index contributed by atoms with van der Waals surface area (Å²) in [5.74, 6) is 0.295. The van der Waals surface area contributed by atoms with E-state index in [1.807, 2.05) is 0 Å². The van der Waals surface area contributed by atoms with E-state index in [0.29, 0.717) is 13.0 Å². The maximum atomic E-state index is 11.7. The minimum absolute atomic E-state index is 0. The Balaban J connectivity index is 0.00000512. The number of unbranched alkanes of at least 4 members (excludes halogenated alkanes) is 2. The molecule has 0 aliphatic rings. The Morgan fingerprint density at radius 1 is 1.00 bits per heavy atom. The van der Waals surface area contributed by atoms with Gasteiger partial charge in [0.05, 0.1) is 15.4 Å². The average molecular weight is 471 g/mol. The molecule has 0 aliphatic heterocycles. The van der Waals surface area contributed by atoms with Crippen LogP contribution in [-0.4, -0.2) is 35.0 Å². The van der Waals surface area contributed by atoms with E-state index in [-0.39, 0.29) is 60.0 Å². The summed E-state index contributed by atoms with van der Waals surface area (Å²) in [5.41, 5.74) is 1.70. The van der Waals surface area contributed by atoms with Crippen LogP contribution in [0.15, 0.2) is 60.7 Å². The van der Waals surface area contributed by atoms with Gasteiger partial charge in [0, 0.05) is 6.61 Å². The van der Waals surface area contributed by atoms with Crippen molar-refractivity contribution in [3.63, 3.8) is 0 Å². The number of phenolic OH excluding ortho intramolecular Hbond substituents is 2. The van der Waals surface area contributed by atoms with Gasteiger partial charge in [-0.25, -0.2) is 8.42 Å². The van der Waals surface area contributed by atoms with Gasteiger partial charge in [0.2, 0.25) is 0 Å². The monoisotopic (exact) mass is 470 g/mol.